The fourth-order valence-corrected chi connectivity index (χ4v) is 6.81. The molecule has 0 spiro atoms. The van der Waals surface area contributed by atoms with Crippen LogP contribution in [0.5, 0.6) is 0 Å². The minimum Gasteiger partial charge on any atom is -0.380 e. The van der Waals surface area contributed by atoms with Gasteiger partial charge in [0.2, 0.25) is 0 Å². The summed E-state index contributed by atoms with van der Waals surface area (Å²) in [5.41, 5.74) is 7.15. The number of fused-ring (bicyclic) bond motifs is 4. The zero-order chi connectivity index (χ0) is 25.9. The Morgan fingerprint density at radius 1 is 0.842 bits per heavy atom. The number of imidazole rings is 1. The third-order valence-corrected chi connectivity index (χ3v) is 9.01. The predicted molar refractivity (Wildman–Crippen MR) is 161 cm³/mol. The van der Waals surface area contributed by atoms with Crippen LogP contribution in [0.25, 0.3) is 33.7 Å². The fraction of sp³-hybridized carbons (Fsp3) is 0.121. The van der Waals surface area contributed by atoms with Gasteiger partial charge in [0.25, 0.3) is 0 Å². The highest BCUT2D eigenvalue weighted by molar-refractivity contribution is 9.11. The molecular weight excluding hydrogens is 600 g/mol. The zero-order valence-corrected chi connectivity index (χ0v) is 23.7. The van der Waals surface area contributed by atoms with Crippen LogP contribution in [0.4, 0.5) is 0 Å². The van der Waals surface area contributed by atoms with Crippen molar-refractivity contribution < 1.29 is 5.11 Å². The molecule has 0 saturated heterocycles. The van der Waals surface area contributed by atoms with E-state index in [1.165, 1.54) is 5.57 Å². The van der Waals surface area contributed by atoms with Crippen LogP contribution in [0.15, 0.2) is 118 Å². The van der Waals surface area contributed by atoms with E-state index in [1.807, 2.05) is 30.3 Å². The Balaban J connectivity index is 1.37. The van der Waals surface area contributed by atoms with Gasteiger partial charge in [0.05, 0.1) is 11.0 Å². The summed E-state index contributed by atoms with van der Waals surface area (Å²) in [6, 6.07) is 33.2. The summed E-state index contributed by atoms with van der Waals surface area (Å²) >= 11 is 7.33. The van der Waals surface area contributed by atoms with Gasteiger partial charge in [0, 0.05) is 21.6 Å². The molecule has 1 N–H and O–H groups in total. The van der Waals surface area contributed by atoms with E-state index < -0.39 is 5.60 Å². The molecular formula is C33H24Br2N2O. The number of nitrogens with zero attached hydrogens (tertiary/aromatic N) is 2. The molecule has 0 fully saturated rings. The van der Waals surface area contributed by atoms with E-state index in [0.717, 1.165) is 66.6 Å². The van der Waals surface area contributed by atoms with Crippen molar-refractivity contribution in [1.82, 2.24) is 9.55 Å². The van der Waals surface area contributed by atoms with Gasteiger partial charge < -0.3 is 5.11 Å². The van der Waals surface area contributed by atoms with Gasteiger partial charge in [-0.1, -0.05) is 105 Å². The maximum atomic E-state index is 12.5. The molecule has 7 rings (SSSR count). The van der Waals surface area contributed by atoms with Crippen LogP contribution in [-0.2, 0) is 5.60 Å². The molecule has 3 nitrogen and oxygen atoms in total. The number of benzene rings is 4. The molecule has 1 heterocycles. The van der Waals surface area contributed by atoms with Crippen LogP contribution in [-0.4, -0.2) is 14.7 Å². The fourth-order valence-electron chi connectivity index (χ4n) is 6.09. The van der Waals surface area contributed by atoms with E-state index in [1.54, 1.807) is 0 Å². The maximum absolute atomic E-state index is 12.5. The van der Waals surface area contributed by atoms with Crippen molar-refractivity contribution >= 4 is 48.5 Å². The van der Waals surface area contributed by atoms with E-state index in [9.17, 15) is 5.11 Å². The number of hydrogen-bond donors (Lipinski definition) is 1. The van der Waals surface area contributed by atoms with Gasteiger partial charge in [0.15, 0.2) is 0 Å². The lowest BCUT2D eigenvalue weighted by atomic mass is 9.77. The topological polar surface area (TPSA) is 38.1 Å². The Kier molecular flexibility index (Phi) is 5.77. The molecule has 1 aromatic heterocycles. The van der Waals surface area contributed by atoms with Crippen molar-refractivity contribution in [3.05, 3.63) is 135 Å². The lowest BCUT2D eigenvalue weighted by molar-refractivity contribution is 0.0450. The second kappa shape index (κ2) is 9.19. The third-order valence-electron chi connectivity index (χ3n) is 7.86. The Bertz CT molecular complexity index is 1750. The SMILES string of the molecule is OC1(c2ccc(-c3nc4ccccc4n3-c3ccccc3)cc2)c2cc(Br)ccc2C2=CC=C(Br)CCC21. The molecule has 0 aliphatic heterocycles. The average molecular weight is 624 g/mol. The monoisotopic (exact) mass is 622 g/mol. The van der Waals surface area contributed by atoms with E-state index in [4.69, 9.17) is 4.98 Å². The van der Waals surface area contributed by atoms with Crippen molar-refractivity contribution in [2.45, 2.75) is 18.4 Å². The summed E-state index contributed by atoms with van der Waals surface area (Å²) in [6.45, 7) is 0. The molecule has 186 valence electrons. The van der Waals surface area contributed by atoms with Gasteiger partial charge in [-0.15, -0.1) is 0 Å². The second-order valence-corrected chi connectivity index (χ2v) is 11.9. The van der Waals surface area contributed by atoms with Crippen LogP contribution < -0.4 is 0 Å². The van der Waals surface area contributed by atoms with Gasteiger partial charge >= 0.3 is 0 Å². The van der Waals surface area contributed by atoms with Crippen molar-refractivity contribution in [3.63, 3.8) is 0 Å². The molecule has 2 aliphatic rings. The predicted octanol–water partition coefficient (Wildman–Crippen LogP) is 8.78. The lowest BCUT2D eigenvalue weighted by Gasteiger charge is -2.32. The highest BCUT2D eigenvalue weighted by Crippen LogP contribution is 2.55. The Labute approximate surface area is 238 Å². The molecule has 0 amide bonds. The molecule has 2 unspecified atom stereocenters. The third kappa shape index (κ3) is 3.68. The average Bonchev–Trinajstić information content (AvgIpc) is 3.36. The number of hydrogen-bond acceptors (Lipinski definition) is 2. The number of aliphatic hydroxyl groups is 1. The first-order valence-corrected chi connectivity index (χ1v) is 14.4. The van der Waals surface area contributed by atoms with Gasteiger partial charge in [-0.25, -0.2) is 4.98 Å². The number of rotatable bonds is 3. The van der Waals surface area contributed by atoms with E-state index in [-0.39, 0.29) is 5.92 Å². The Hall–Kier alpha value is -3.25. The van der Waals surface area contributed by atoms with Crippen molar-refractivity contribution in [1.29, 1.82) is 0 Å². The van der Waals surface area contributed by atoms with Gasteiger partial charge in [-0.3, -0.25) is 4.57 Å². The van der Waals surface area contributed by atoms with Crippen LogP contribution >= 0.6 is 31.9 Å². The molecule has 0 radical (unpaired) electrons. The van der Waals surface area contributed by atoms with Gasteiger partial charge in [-0.05, 0) is 76.0 Å². The van der Waals surface area contributed by atoms with Crippen LogP contribution in [0.1, 0.15) is 29.5 Å². The number of allylic oxidation sites excluding steroid dienone is 3. The molecule has 4 aromatic carbocycles. The summed E-state index contributed by atoms with van der Waals surface area (Å²) in [4.78, 5) is 5.01. The quantitative estimate of drug-likeness (QED) is 0.218. The summed E-state index contributed by atoms with van der Waals surface area (Å²) in [6.07, 6.45) is 6.05. The minimum atomic E-state index is -1.12. The number of para-hydroxylation sites is 3. The molecule has 0 saturated carbocycles. The van der Waals surface area contributed by atoms with Gasteiger partial charge in [0.1, 0.15) is 11.4 Å². The summed E-state index contributed by atoms with van der Waals surface area (Å²) in [7, 11) is 0. The smallest absolute Gasteiger partial charge is 0.145 e. The first-order chi connectivity index (χ1) is 18.5. The van der Waals surface area contributed by atoms with Crippen molar-refractivity contribution in [3.8, 4) is 17.1 Å². The molecule has 38 heavy (non-hydrogen) atoms. The van der Waals surface area contributed by atoms with Crippen molar-refractivity contribution in [2.24, 2.45) is 5.92 Å². The maximum Gasteiger partial charge on any atom is 0.145 e. The van der Waals surface area contributed by atoms with E-state index in [0.29, 0.717) is 0 Å². The van der Waals surface area contributed by atoms with Crippen LogP contribution in [0.2, 0.25) is 0 Å². The van der Waals surface area contributed by atoms with Crippen molar-refractivity contribution in [2.75, 3.05) is 0 Å². The highest BCUT2D eigenvalue weighted by Gasteiger charge is 2.49. The number of halogens is 2. The lowest BCUT2D eigenvalue weighted by Crippen LogP contribution is -2.32. The minimum absolute atomic E-state index is 0.0298. The molecule has 5 aromatic rings. The molecule has 0 bridgehead atoms. The van der Waals surface area contributed by atoms with E-state index in [2.05, 4.69) is 115 Å². The Morgan fingerprint density at radius 3 is 2.42 bits per heavy atom. The molecule has 5 heteroatoms. The second-order valence-electron chi connectivity index (χ2n) is 9.96. The highest BCUT2D eigenvalue weighted by atomic mass is 79.9. The first-order valence-electron chi connectivity index (χ1n) is 12.8. The van der Waals surface area contributed by atoms with Crippen LogP contribution in [0.3, 0.4) is 0 Å². The molecule has 2 atom stereocenters. The summed E-state index contributed by atoms with van der Waals surface area (Å²) < 4.78 is 4.34. The largest absolute Gasteiger partial charge is 0.380 e. The summed E-state index contributed by atoms with van der Waals surface area (Å²) in [5, 5.41) is 12.5. The number of aromatic nitrogens is 2. The normalized spacial score (nSPS) is 20.4. The van der Waals surface area contributed by atoms with Crippen LogP contribution in [0, 0.1) is 5.92 Å². The summed E-state index contributed by atoms with van der Waals surface area (Å²) in [5.74, 6) is 0.853. The molecule has 2 aliphatic carbocycles. The Morgan fingerprint density at radius 2 is 1.61 bits per heavy atom. The first kappa shape index (κ1) is 23.8. The van der Waals surface area contributed by atoms with Gasteiger partial charge in [-0.2, -0.15) is 0 Å². The standard InChI is InChI=1S/C33H24Br2N2O/c34-23-14-17-26-27-18-15-24(35)20-29(27)33(38,28(26)19-16-23)22-12-10-21(11-13-22)32-36-30-8-4-5-9-31(30)37(32)25-6-2-1-3-7-25/h1-15,17-18,20,28,38H,16,19H2. The van der Waals surface area contributed by atoms with E-state index >= 15 is 0 Å². The zero-order valence-electron chi connectivity index (χ0n) is 20.5.